The van der Waals surface area contributed by atoms with Gasteiger partial charge in [0.2, 0.25) is 0 Å². The molecule has 1 heterocycles. The molecular weight excluding hydrogens is 488 g/mol. The number of amides is 2. The fourth-order valence-electron chi connectivity index (χ4n) is 4.82. The van der Waals surface area contributed by atoms with Gasteiger partial charge in [-0.1, -0.05) is 103 Å². The minimum absolute atomic E-state index is 0.0834. The van der Waals surface area contributed by atoms with Crippen molar-refractivity contribution in [2.45, 2.75) is 45.2 Å². The number of anilines is 1. The maximum atomic E-state index is 14.3. The Hall–Kier alpha value is -4.42. The zero-order valence-electron chi connectivity index (χ0n) is 22.4. The topological polar surface area (TPSA) is 67.9 Å². The van der Waals surface area contributed by atoms with Crippen LogP contribution in [-0.4, -0.2) is 17.6 Å². The molecule has 5 rings (SSSR count). The van der Waals surface area contributed by atoms with Gasteiger partial charge in [-0.05, 0) is 49.1 Å². The second-order valence-electron chi connectivity index (χ2n) is 10.5. The van der Waals surface area contributed by atoms with Gasteiger partial charge in [0.05, 0.1) is 18.8 Å². The molecular formula is C33H32N2O4. The van der Waals surface area contributed by atoms with Crippen molar-refractivity contribution in [3.63, 3.8) is 0 Å². The first-order valence-electron chi connectivity index (χ1n) is 13.0. The highest BCUT2D eigenvalue weighted by molar-refractivity contribution is 6.08. The summed E-state index contributed by atoms with van der Waals surface area (Å²) in [4.78, 5) is 29.1. The number of fused-ring (bicyclic) bond motifs is 1. The van der Waals surface area contributed by atoms with E-state index in [2.05, 4.69) is 5.32 Å². The van der Waals surface area contributed by atoms with Crippen LogP contribution in [0.4, 0.5) is 10.5 Å². The first kappa shape index (κ1) is 26.2. The van der Waals surface area contributed by atoms with Crippen molar-refractivity contribution >= 4 is 17.7 Å². The fourth-order valence-corrected chi connectivity index (χ4v) is 4.82. The second-order valence-corrected chi connectivity index (χ2v) is 10.5. The molecule has 198 valence electrons. The minimum Gasteiger partial charge on any atom is -0.444 e. The summed E-state index contributed by atoms with van der Waals surface area (Å²) in [7, 11) is 0. The Balaban J connectivity index is 1.55. The lowest BCUT2D eigenvalue weighted by molar-refractivity contribution is -0.151. The van der Waals surface area contributed by atoms with Crippen LogP contribution in [0.25, 0.3) is 11.1 Å². The molecule has 1 atom stereocenters. The molecule has 0 spiro atoms. The van der Waals surface area contributed by atoms with Gasteiger partial charge in [0, 0.05) is 5.56 Å². The number of hydrogen-bond donors (Lipinski definition) is 1. The highest BCUT2D eigenvalue weighted by atomic mass is 16.6. The Kier molecular flexibility index (Phi) is 7.22. The zero-order valence-corrected chi connectivity index (χ0v) is 22.4. The number of benzene rings is 4. The summed E-state index contributed by atoms with van der Waals surface area (Å²) in [5.74, 6) is -0.379. The number of alkyl carbamates (subject to hydrolysis) is 1. The predicted octanol–water partition coefficient (Wildman–Crippen LogP) is 6.79. The first-order valence-corrected chi connectivity index (χ1v) is 13.0. The van der Waals surface area contributed by atoms with Crippen LogP contribution in [0.3, 0.4) is 0 Å². The maximum Gasteiger partial charge on any atom is 0.410 e. The SMILES string of the molecule is CC(C)(C)OC(=O)N[C@]1(OCc2ccccc2-c2ccccc2)C(=O)N(Cc2ccccc2)c2ccccc21. The van der Waals surface area contributed by atoms with Crippen LogP contribution in [-0.2, 0) is 33.1 Å². The monoisotopic (exact) mass is 520 g/mol. The molecule has 1 aliphatic rings. The molecule has 2 amide bonds. The van der Waals surface area contributed by atoms with E-state index >= 15 is 0 Å². The smallest absolute Gasteiger partial charge is 0.410 e. The van der Waals surface area contributed by atoms with Crippen molar-refractivity contribution < 1.29 is 19.1 Å². The zero-order chi connectivity index (χ0) is 27.5. The van der Waals surface area contributed by atoms with E-state index in [1.807, 2.05) is 109 Å². The molecule has 6 heteroatoms. The van der Waals surface area contributed by atoms with Gasteiger partial charge in [0.1, 0.15) is 5.60 Å². The molecule has 0 aliphatic carbocycles. The molecule has 39 heavy (non-hydrogen) atoms. The first-order chi connectivity index (χ1) is 18.8. The lowest BCUT2D eigenvalue weighted by Crippen LogP contribution is -2.55. The van der Waals surface area contributed by atoms with E-state index in [9.17, 15) is 9.59 Å². The third-order valence-corrected chi connectivity index (χ3v) is 6.53. The van der Waals surface area contributed by atoms with Crippen LogP contribution in [0.5, 0.6) is 0 Å². The summed E-state index contributed by atoms with van der Waals surface area (Å²) in [6, 6.07) is 35.0. The van der Waals surface area contributed by atoms with E-state index in [1.165, 1.54) is 0 Å². The lowest BCUT2D eigenvalue weighted by atomic mass is 9.99. The molecule has 4 aromatic carbocycles. The number of ether oxygens (including phenoxy) is 2. The normalized spacial score (nSPS) is 16.6. The van der Waals surface area contributed by atoms with E-state index in [-0.39, 0.29) is 12.5 Å². The van der Waals surface area contributed by atoms with Crippen LogP contribution in [0, 0.1) is 0 Å². The standard InChI is InChI=1S/C33H32N2O4/c1-32(2,3)39-31(37)34-33(38-23-26-18-10-11-19-27(26)25-16-8-5-9-17-25)28-20-12-13-21-29(28)35(30(33)36)22-24-14-6-4-7-15-24/h4-21H,22-23H2,1-3H3,(H,34,37)/t33-/m1/s1. The Morgan fingerprint density at radius 3 is 2.15 bits per heavy atom. The number of nitrogens with one attached hydrogen (secondary N) is 1. The van der Waals surface area contributed by atoms with Gasteiger partial charge in [0.25, 0.3) is 11.6 Å². The number of hydrogen-bond acceptors (Lipinski definition) is 4. The van der Waals surface area contributed by atoms with E-state index in [0.29, 0.717) is 17.8 Å². The van der Waals surface area contributed by atoms with Crippen LogP contribution >= 0.6 is 0 Å². The van der Waals surface area contributed by atoms with Crippen LogP contribution in [0.1, 0.15) is 37.5 Å². The Labute approximate surface area is 229 Å². The van der Waals surface area contributed by atoms with Crippen molar-refractivity contribution in [3.05, 3.63) is 126 Å². The van der Waals surface area contributed by atoms with Crippen molar-refractivity contribution in [2.75, 3.05) is 4.90 Å². The molecule has 0 fully saturated rings. The summed E-state index contributed by atoms with van der Waals surface area (Å²) in [5, 5.41) is 2.83. The molecule has 6 nitrogen and oxygen atoms in total. The summed E-state index contributed by atoms with van der Waals surface area (Å²) >= 11 is 0. The average molecular weight is 521 g/mol. The maximum absolute atomic E-state index is 14.3. The largest absolute Gasteiger partial charge is 0.444 e. The number of rotatable bonds is 7. The third kappa shape index (κ3) is 5.56. The third-order valence-electron chi connectivity index (χ3n) is 6.53. The molecule has 0 aromatic heterocycles. The summed E-state index contributed by atoms with van der Waals surface area (Å²) in [5.41, 5.74) is 2.60. The van der Waals surface area contributed by atoms with Crippen molar-refractivity contribution in [2.24, 2.45) is 0 Å². The molecule has 1 aliphatic heterocycles. The van der Waals surface area contributed by atoms with E-state index in [4.69, 9.17) is 9.47 Å². The summed E-state index contributed by atoms with van der Waals surface area (Å²) in [6.45, 7) is 5.76. The van der Waals surface area contributed by atoms with Crippen molar-refractivity contribution in [1.82, 2.24) is 5.32 Å². The van der Waals surface area contributed by atoms with Crippen molar-refractivity contribution in [3.8, 4) is 11.1 Å². The molecule has 0 bridgehead atoms. The van der Waals surface area contributed by atoms with Gasteiger partial charge in [0.15, 0.2) is 0 Å². The van der Waals surface area contributed by atoms with Gasteiger partial charge in [-0.25, -0.2) is 4.79 Å². The van der Waals surface area contributed by atoms with Gasteiger partial charge in [-0.15, -0.1) is 0 Å². The van der Waals surface area contributed by atoms with E-state index < -0.39 is 17.4 Å². The Bertz CT molecular complexity index is 1460. The molecule has 4 aromatic rings. The Morgan fingerprint density at radius 2 is 1.44 bits per heavy atom. The Morgan fingerprint density at radius 1 is 0.821 bits per heavy atom. The van der Waals surface area contributed by atoms with Gasteiger partial charge in [-0.2, -0.15) is 0 Å². The molecule has 0 saturated carbocycles. The summed E-state index contributed by atoms with van der Waals surface area (Å²) in [6.07, 6.45) is -0.733. The molecule has 0 unspecified atom stereocenters. The van der Waals surface area contributed by atoms with Crippen LogP contribution in [0.15, 0.2) is 109 Å². The predicted molar refractivity (Wildman–Crippen MR) is 152 cm³/mol. The number of carbonyl (C=O) groups excluding carboxylic acids is 2. The van der Waals surface area contributed by atoms with E-state index in [1.54, 1.807) is 25.7 Å². The highest BCUT2D eigenvalue weighted by Gasteiger charge is 2.54. The van der Waals surface area contributed by atoms with Crippen LogP contribution < -0.4 is 10.2 Å². The average Bonchev–Trinajstić information content (AvgIpc) is 3.15. The molecule has 1 N–H and O–H groups in total. The number of carbonyl (C=O) groups is 2. The minimum atomic E-state index is -1.77. The van der Waals surface area contributed by atoms with Gasteiger partial charge in [-0.3, -0.25) is 10.1 Å². The second kappa shape index (κ2) is 10.8. The van der Waals surface area contributed by atoms with Crippen LogP contribution in [0.2, 0.25) is 0 Å². The van der Waals surface area contributed by atoms with Gasteiger partial charge >= 0.3 is 6.09 Å². The fraction of sp³-hybridized carbons (Fsp3) is 0.212. The molecule has 0 radical (unpaired) electrons. The van der Waals surface area contributed by atoms with E-state index in [0.717, 1.165) is 22.3 Å². The number of para-hydroxylation sites is 1. The lowest BCUT2D eigenvalue weighted by Gasteiger charge is -2.31. The highest BCUT2D eigenvalue weighted by Crippen LogP contribution is 2.43. The van der Waals surface area contributed by atoms with Gasteiger partial charge < -0.3 is 14.4 Å². The van der Waals surface area contributed by atoms with Crippen molar-refractivity contribution in [1.29, 1.82) is 0 Å². The summed E-state index contributed by atoms with van der Waals surface area (Å²) < 4.78 is 12.1. The molecule has 0 saturated heterocycles. The number of nitrogens with zero attached hydrogens (tertiary/aromatic N) is 1. The quantitative estimate of drug-likeness (QED) is 0.272.